The van der Waals surface area contributed by atoms with Crippen molar-refractivity contribution in [3.05, 3.63) is 24.3 Å². The lowest BCUT2D eigenvalue weighted by Gasteiger charge is -2.32. The zero-order valence-corrected chi connectivity index (χ0v) is 15.4. The van der Waals surface area contributed by atoms with Crippen LogP contribution in [0.15, 0.2) is 24.3 Å². The highest BCUT2D eigenvalue weighted by atomic mass is 16.5. The summed E-state index contributed by atoms with van der Waals surface area (Å²) in [4.78, 5) is 28.8. The third-order valence-corrected chi connectivity index (χ3v) is 5.09. The molecule has 1 aromatic carbocycles. The molecule has 3 rings (SSSR count). The molecule has 0 aliphatic carbocycles. The van der Waals surface area contributed by atoms with E-state index in [2.05, 4.69) is 6.92 Å². The van der Waals surface area contributed by atoms with E-state index in [1.807, 2.05) is 43.0 Å². The zero-order valence-electron chi connectivity index (χ0n) is 15.4. The van der Waals surface area contributed by atoms with Crippen molar-refractivity contribution >= 4 is 17.5 Å². The summed E-state index contributed by atoms with van der Waals surface area (Å²) in [5.41, 5.74) is 0.837. The Labute approximate surface area is 149 Å². The van der Waals surface area contributed by atoms with Crippen molar-refractivity contribution < 1.29 is 14.3 Å². The predicted octanol–water partition coefficient (Wildman–Crippen LogP) is 3.09. The molecule has 25 heavy (non-hydrogen) atoms. The Morgan fingerprint density at radius 2 is 1.80 bits per heavy atom. The summed E-state index contributed by atoms with van der Waals surface area (Å²) in [6.45, 7) is 8.33. The normalized spacial score (nSPS) is 21.9. The van der Waals surface area contributed by atoms with Gasteiger partial charge in [0, 0.05) is 31.7 Å². The molecule has 2 aliphatic rings. The molecular weight excluding hydrogens is 316 g/mol. The van der Waals surface area contributed by atoms with Crippen LogP contribution in [0.2, 0.25) is 0 Å². The SMILES string of the molecule is CC1CCN(C(=O)[C@@H]2CC(=O)N(c3ccc(OC(C)C)cc3)C2)CC1. The Kier molecular flexibility index (Phi) is 5.30. The lowest BCUT2D eigenvalue weighted by atomic mass is 9.97. The van der Waals surface area contributed by atoms with E-state index in [0.717, 1.165) is 37.4 Å². The number of amides is 2. The summed E-state index contributed by atoms with van der Waals surface area (Å²) in [7, 11) is 0. The van der Waals surface area contributed by atoms with Crippen LogP contribution in [-0.4, -0.2) is 42.5 Å². The minimum atomic E-state index is -0.215. The number of carbonyl (C=O) groups excluding carboxylic acids is 2. The van der Waals surface area contributed by atoms with Crippen molar-refractivity contribution in [3.8, 4) is 5.75 Å². The number of benzene rings is 1. The molecule has 0 saturated carbocycles. The van der Waals surface area contributed by atoms with E-state index in [9.17, 15) is 9.59 Å². The molecule has 0 aromatic heterocycles. The van der Waals surface area contributed by atoms with E-state index in [-0.39, 0.29) is 23.8 Å². The van der Waals surface area contributed by atoms with Crippen LogP contribution in [0, 0.1) is 11.8 Å². The van der Waals surface area contributed by atoms with Gasteiger partial charge in [0.05, 0.1) is 12.0 Å². The molecular formula is C20H28N2O3. The first kappa shape index (κ1) is 17.8. The number of nitrogens with zero attached hydrogens (tertiary/aromatic N) is 2. The highest BCUT2D eigenvalue weighted by Crippen LogP contribution is 2.29. The Morgan fingerprint density at radius 3 is 2.40 bits per heavy atom. The zero-order chi connectivity index (χ0) is 18.0. The average Bonchev–Trinajstić information content (AvgIpc) is 2.97. The van der Waals surface area contributed by atoms with Gasteiger partial charge < -0.3 is 14.5 Å². The standard InChI is InChI=1S/C20H28N2O3/c1-14(2)25-18-6-4-17(5-7-18)22-13-16(12-19(22)23)20(24)21-10-8-15(3)9-11-21/h4-7,14-16H,8-13H2,1-3H3/t16-/m1/s1. The largest absolute Gasteiger partial charge is 0.491 e. The molecule has 136 valence electrons. The smallest absolute Gasteiger partial charge is 0.228 e. The molecule has 2 aliphatic heterocycles. The number of likely N-dealkylation sites (tertiary alicyclic amines) is 1. The quantitative estimate of drug-likeness (QED) is 0.843. The lowest BCUT2D eigenvalue weighted by Crippen LogP contribution is -2.42. The maximum absolute atomic E-state index is 12.7. The highest BCUT2D eigenvalue weighted by molar-refractivity contribution is 6.00. The number of anilines is 1. The van der Waals surface area contributed by atoms with Gasteiger partial charge in [-0.25, -0.2) is 0 Å². The second-order valence-electron chi connectivity index (χ2n) is 7.57. The van der Waals surface area contributed by atoms with Gasteiger partial charge >= 0.3 is 0 Å². The molecule has 2 saturated heterocycles. The number of piperidine rings is 1. The van der Waals surface area contributed by atoms with Crippen LogP contribution >= 0.6 is 0 Å². The molecule has 2 heterocycles. The third kappa shape index (κ3) is 4.14. The fourth-order valence-electron chi connectivity index (χ4n) is 3.59. The molecule has 1 atom stereocenters. The van der Waals surface area contributed by atoms with Crippen LogP contribution < -0.4 is 9.64 Å². The van der Waals surface area contributed by atoms with Crippen LogP contribution in [0.1, 0.15) is 40.0 Å². The minimum Gasteiger partial charge on any atom is -0.491 e. The van der Waals surface area contributed by atoms with Gasteiger partial charge in [-0.15, -0.1) is 0 Å². The molecule has 0 unspecified atom stereocenters. The van der Waals surface area contributed by atoms with Crippen molar-refractivity contribution in [1.29, 1.82) is 0 Å². The second kappa shape index (κ2) is 7.46. The van der Waals surface area contributed by atoms with Crippen LogP contribution in [0.25, 0.3) is 0 Å². The van der Waals surface area contributed by atoms with Crippen LogP contribution in [0.4, 0.5) is 5.69 Å². The number of rotatable bonds is 4. The molecule has 1 aromatic rings. The fraction of sp³-hybridized carbons (Fsp3) is 0.600. The van der Waals surface area contributed by atoms with Gasteiger partial charge in [-0.3, -0.25) is 9.59 Å². The number of ether oxygens (including phenoxy) is 1. The van der Waals surface area contributed by atoms with Crippen LogP contribution in [-0.2, 0) is 9.59 Å². The molecule has 0 N–H and O–H groups in total. The first-order valence-electron chi connectivity index (χ1n) is 9.30. The summed E-state index contributed by atoms with van der Waals surface area (Å²) in [5, 5.41) is 0. The molecule has 0 radical (unpaired) electrons. The lowest BCUT2D eigenvalue weighted by molar-refractivity contribution is -0.137. The third-order valence-electron chi connectivity index (χ3n) is 5.09. The summed E-state index contributed by atoms with van der Waals surface area (Å²) >= 11 is 0. The molecule has 2 amide bonds. The number of carbonyl (C=O) groups is 2. The predicted molar refractivity (Wildman–Crippen MR) is 97.6 cm³/mol. The maximum Gasteiger partial charge on any atom is 0.228 e. The van der Waals surface area contributed by atoms with Gasteiger partial charge in [-0.1, -0.05) is 6.92 Å². The van der Waals surface area contributed by atoms with E-state index in [0.29, 0.717) is 18.9 Å². The first-order valence-corrected chi connectivity index (χ1v) is 9.30. The van der Waals surface area contributed by atoms with E-state index in [1.54, 1.807) is 4.90 Å². The van der Waals surface area contributed by atoms with Crippen molar-refractivity contribution in [2.24, 2.45) is 11.8 Å². The molecule has 0 spiro atoms. The van der Waals surface area contributed by atoms with Gasteiger partial charge in [-0.05, 0) is 56.9 Å². The molecule has 2 fully saturated rings. The molecule has 5 nitrogen and oxygen atoms in total. The summed E-state index contributed by atoms with van der Waals surface area (Å²) in [5.74, 6) is 1.44. The summed E-state index contributed by atoms with van der Waals surface area (Å²) in [6.07, 6.45) is 2.56. The number of hydrogen-bond acceptors (Lipinski definition) is 3. The molecule has 0 bridgehead atoms. The van der Waals surface area contributed by atoms with Crippen LogP contribution in [0.3, 0.4) is 0 Å². The average molecular weight is 344 g/mol. The Hall–Kier alpha value is -2.04. The van der Waals surface area contributed by atoms with Gasteiger partial charge in [0.15, 0.2) is 0 Å². The minimum absolute atomic E-state index is 0.0289. The molecule has 5 heteroatoms. The van der Waals surface area contributed by atoms with E-state index < -0.39 is 0 Å². The monoisotopic (exact) mass is 344 g/mol. The second-order valence-corrected chi connectivity index (χ2v) is 7.57. The summed E-state index contributed by atoms with van der Waals surface area (Å²) < 4.78 is 5.64. The number of hydrogen-bond donors (Lipinski definition) is 0. The van der Waals surface area contributed by atoms with E-state index >= 15 is 0 Å². The topological polar surface area (TPSA) is 49.9 Å². The van der Waals surface area contributed by atoms with E-state index in [1.165, 1.54) is 0 Å². The van der Waals surface area contributed by atoms with Gasteiger partial charge in [0.2, 0.25) is 11.8 Å². The Bertz CT molecular complexity index is 618. The van der Waals surface area contributed by atoms with Gasteiger partial charge in [-0.2, -0.15) is 0 Å². The Morgan fingerprint density at radius 1 is 1.16 bits per heavy atom. The maximum atomic E-state index is 12.7. The van der Waals surface area contributed by atoms with Crippen LogP contribution in [0.5, 0.6) is 5.75 Å². The fourth-order valence-corrected chi connectivity index (χ4v) is 3.59. The first-order chi connectivity index (χ1) is 11.9. The van der Waals surface area contributed by atoms with Gasteiger partial charge in [0.25, 0.3) is 0 Å². The summed E-state index contributed by atoms with van der Waals surface area (Å²) in [6, 6.07) is 7.55. The van der Waals surface area contributed by atoms with Crippen molar-refractivity contribution in [2.75, 3.05) is 24.5 Å². The van der Waals surface area contributed by atoms with Gasteiger partial charge in [0.1, 0.15) is 5.75 Å². The van der Waals surface area contributed by atoms with Crippen molar-refractivity contribution in [1.82, 2.24) is 4.90 Å². The Balaban J connectivity index is 1.63. The van der Waals surface area contributed by atoms with Crippen molar-refractivity contribution in [3.63, 3.8) is 0 Å². The van der Waals surface area contributed by atoms with E-state index in [4.69, 9.17) is 4.74 Å². The highest BCUT2D eigenvalue weighted by Gasteiger charge is 2.37. The van der Waals surface area contributed by atoms with Crippen molar-refractivity contribution in [2.45, 2.75) is 46.1 Å².